The third-order valence-electron chi connectivity index (χ3n) is 2.74. The Morgan fingerprint density at radius 1 is 1.48 bits per heavy atom. The van der Waals surface area contributed by atoms with E-state index in [0.717, 1.165) is 6.20 Å². The van der Waals surface area contributed by atoms with E-state index in [4.69, 9.17) is 5.73 Å². The van der Waals surface area contributed by atoms with Gasteiger partial charge in [-0.15, -0.1) is 11.3 Å². The Bertz CT molecular complexity index is 684. The molecule has 0 fully saturated rings. The molecule has 0 saturated carbocycles. The summed E-state index contributed by atoms with van der Waals surface area (Å²) < 4.78 is 0. The summed E-state index contributed by atoms with van der Waals surface area (Å²) in [6.07, 6.45) is 2.60. The summed E-state index contributed by atoms with van der Waals surface area (Å²) in [5.41, 5.74) is 4.23. The summed E-state index contributed by atoms with van der Waals surface area (Å²) in [6.45, 7) is 3.53. The molecule has 0 aliphatic heterocycles. The molecule has 0 spiro atoms. The number of aromatic nitrogens is 2. The minimum Gasteiger partial charge on any atom is -0.384 e. The SMILES string of the molecule is CC(C)(NC(=O)c1cc(N)ncc1[N+](=O)[O-])c1nccs1. The van der Waals surface area contributed by atoms with Crippen LogP contribution in [0.4, 0.5) is 11.5 Å². The topological polar surface area (TPSA) is 124 Å². The third kappa shape index (κ3) is 3.14. The third-order valence-corrected chi connectivity index (χ3v) is 3.84. The average molecular weight is 307 g/mol. The van der Waals surface area contributed by atoms with Crippen molar-refractivity contribution in [1.82, 2.24) is 15.3 Å². The normalized spacial score (nSPS) is 11.1. The summed E-state index contributed by atoms with van der Waals surface area (Å²) in [5, 5.41) is 16.2. The Balaban J connectivity index is 2.33. The molecule has 2 heterocycles. The molecule has 1 amide bonds. The number of nitrogens with zero attached hydrogens (tertiary/aromatic N) is 3. The van der Waals surface area contributed by atoms with E-state index in [2.05, 4.69) is 15.3 Å². The van der Waals surface area contributed by atoms with E-state index in [1.54, 1.807) is 25.4 Å². The van der Waals surface area contributed by atoms with Gasteiger partial charge in [0.15, 0.2) is 0 Å². The van der Waals surface area contributed by atoms with Crippen LogP contribution in [0, 0.1) is 10.1 Å². The molecule has 0 unspecified atom stereocenters. The number of carbonyl (C=O) groups excluding carboxylic acids is 1. The van der Waals surface area contributed by atoms with Crippen molar-refractivity contribution in [3.05, 3.63) is 44.5 Å². The lowest BCUT2D eigenvalue weighted by Gasteiger charge is -2.23. The van der Waals surface area contributed by atoms with Gasteiger partial charge >= 0.3 is 0 Å². The molecular formula is C12H13N5O3S. The van der Waals surface area contributed by atoms with Gasteiger partial charge in [-0.3, -0.25) is 14.9 Å². The molecule has 0 atom stereocenters. The maximum atomic E-state index is 12.3. The maximum Gasteiger partial charge on any atom is 0.300 e. The van der Waals surface area contributed by atoms with Crippen LogP contribution in [0.1, 0.15) is 29.2 Å². The highest BCUT2D eigenvalue weighted by Crippen LogP contribution is 2.25. The lowest BCUT2D eigenvalue weighted by Crippen LogP contribution is -2.41. The number of thiazole rings is 1. The number of nitro groups is 1. The molecule has 2 aromatic heterocycles. The number of anilines is 1. The highest BCUT2D eigenvalue weighted by Gasteiger charge is 2.29. The summed E-state index contributed by atoms with van der Waals surface area (Å²) in [4.78, 5) is 30.4. The first kappa shape index (κ1) is 14.9. The molecule has 8 nitrogen and oxygen atoms in total. The van der Waals surface area contributed by atoms with Crippen LogP contribution < -0.4 is 11.1 Å². The highest BCUT2D eigenvalue weighted by atomic mass is 32.1. The van der Waals surface area contributed by atoms with Gasteiger partial charge in [-0.2, -0.15) is 0 Å². The Morgan fingerprint density at radius 3 is 2.76 bits per heavy atom. The molecule has 0 radical (unpaired) electrons. The number of nitrogens with one attached hydrogen (secondary N) is 1. The lowest BCUT2D eigenvalue weighted by molar-refractivity contribution is -0.385. The molecule has 2 rings (SSSR count). The van der Waals surface area contributed by atoms with Gasteiger partial charge in [-0.1, -0.05) is 0 Å². The summed E-state index contributed by atoms with van der Waals surface area (Å²) in [5.74, 6) is -0.561. The number of hydrogen-bond donors (Lipinski definition) is 2. The fourth-order valence-corrected chi connectivity index (χ4v) is 2.45. The maximum absolute atomic E-state index is 12.3. The quantitative estimate of drug-likeness (QED) is 0.654. The molecule has 3 N–H and O–H groups in total. The molecule has 0 aromatic carbocycles. The highest BCUT2D eigenvalue weighted by molar-refractivity contribution is 7.09. The van der Waals surface area contributed by atoms with E-state index in [9.17, 15) is 14.9 Å². The van der Waals surface area contributed by atoms with Gasteiger partial charge in [0, 0.05) is 11.6 Å². The predicted molar refractivity (Wildman–Crippen MR) is 77.9 cm³/mol. The Hall–Kier alpha value is -2.55. The van der Waals surface area contributed by atoms with Gasteiger partial charge in [-0.25, -0.2) is 9.97 Å². The van der Waals surface area contributed by atoms with Crippen LogP contribution in [-0.2, 0) is 5.54 Å². The van der Waals surface area contributed by atoms with Gasteiger partial charge < -0.3 is 11.1 Å². The summed E-state index contributed by atoms with van der Waals surface area (Å²) in [6, 6.07) is 1.19. The minimum atomic E-state index is -0.753. The Labute approximate surface area is 124 Å². The Morgan fingerprint density at radius 2 is 2.19 bits per heavy atom. The summed E-state index contributed by atoms with van der Waals surface area (Å²) >= 11 is 1.38. The number of rotatable bonds is 4. The number of pyridine rings is 1. The standard InChI is InChI=1S/C12H13N5O3S/c1-12(2,11-14-3-4-21-11)16-10(18)7-5-9(13)15-6-8(7)17(19)20/h3-6H,1-2H3,(H2,13,15)(H,16,18). The number of nitrogens with two attached hydrogens (primary N) is 1. The fourth-order valence-electron chi connectivity index (χ4n) is 1.73. The molecule has 2 aromatic rings. The second-order valence-electron chi connectivity index (χ2n) is 4.80. The van der Waals surface area contributed by atoms with Crippen LogP contribution in [0.25, 0.3) is 0 Å². The number of amides is 1. The molecule has 0 saturated heterocycles. The largest absolute Gasteiger partial charge is 0.384 e. The summed E-state index contributed by atoms with van der Waals surface area (Å²) in [7, 11) is 0. The zero-order chi connectivity index (χ0) is 15.6. The molecule has 0 aliphatic carbocycles. The van der Waals surface area contributed by atoms with Crippen molar-refractivity contribution in [2.24, 2.45) is 0 Å². The number of nitrogen functional groups attached to an aromatic ring is 1. The molecule has 0 bridgehead atoms. The van der Waals surface area contributed by atoms with Crippen molar-refractivity contribution in [2.75, 3.05) is 5.73 Å². The van der Waals surface area contributed by atoms with E-state index in [1.807, 2.05) is 0 Å². The van der Waals surface area contributed by atoms with Crippen LogP contribution in [0.3, 0.4) is 0 Å². The zero-order valence-corrected chi connectivity index (χ0v) is 12.2. The second kappa shape index (κ2) is 5.44. The fraction of sp³-hybridized carbons (Fsp3) is 0.250. The molecule has 9 heteroatoms. The van der Waals surface area contributed by atoms with Crippen molar-refractivity contribution in [1.29, 1.82) is 0 Å². The van der Waals surface area contributed by atoms with Crippen LogP contribution >= 0.6 is 11.3 Å². The van der Waals surface area contributed by atoms with Gasteiger partial charge in [0.1, 0.15) is 22.6 Å². The minimum absolute atomic E-state index is 0.0396. The van der Waals surface area contributed by atoms with Crippen molar-refractivity contribution < 1.29 is 9.72 Å². The second-order valence-corrected chi connectivity index (χ2v) is 5.69. The van der Waals surface area contributed by atoms with E-state index < -0.39 is 22.1 Å². The van der Waals surface area contributed by atoms with E-state index >= 15 is 0 Å². The first-order chi connectivity index (χ1) is 9.81. The van der Waals surface area contributed by atoms with Crippen LogP contribution in [0.2, 0.25) is 0 Å². The number of hydrogen-bond acceptors (Lipinski definition) is 7. The monoisotopic (exact) mass is 307 g/mol. The van der Waals surface area contributed by atoms with Gasteiger partial charge in [-0.05, 0) is 19.9 Å². The van der Waals surface area contributed by atoms with Crippen LogP contribution in [0.5, 0.6) is 0 Å². The van der Waals surface area contributed by atoms with Crippen LogP contribution in [0.15, 0.2) is 23.8 Å². The molecule has 110 valence electrons. The van der Waals surface area contributed by atoms with Gasteiger partial charge in [0.05, 0.1) is 10.5 Å². The van der Waals surface area contributed by atoms with Crippen molar-refractivity contribution >= 4 is 28.7 Å². The average Bonchev–Trinajstić information content (AvgIpc) is 2.92. The van der Waals surface area contributed by atoms with Gasteiger partial charge in [0.25, 0.3) is 11.6 Å². The number of carbonyl (C=O) groups is 1. The van der Waals surface area contributed by atoms with Crippen molar-refractivity contribution in [3.8, 4) is 0 Å². The van der Waals surface area contributed by atoms with E-state index in [1.165, 1.54) is 17.4 Å². The lowest BCUT2D eigenvalue weighted by atomic mass is 10.1. The first-order valence-corrected chi connectivity index (χ1v) is 6.81. The first-order valence-electron chi connectivity index (χ1n) is 5.93. The van der Waals surface area contributed by atoms with Gasteiger partial charge in [0.2, 0.25) is 0 Å². The molecule has 0 aliphatic rings. The van der Waals surface area contributed by atoms with Crippen LogP contribution in [-0.4, -0.2) is 20.8 Å². The van der Waals surface area contributed by atoms with E-state index in [-0.39, 0.29) is 11.4 Å². The van der Waals surface area contributed by atoms with E-state index in [0.29, 0.717) is 5.01 Å². The zero-order valence-electron chi connectivity index (χ0n) is 11.4. The van der Waals surface area contributed by atoms with Crippen molar-refractivity contribution in [2.45, 2.75) is 19.4 Å². The smallest absolute Gasteiger partial charge is 0.300 e. The Kier molecular flexibility index (Phi) is 3.85. The molecule has 21 heavy (non-hydrogen) atoms. The predicted octanol–water partition coefficient (Wildman–Crippen LogP) is 1.69. The molecular weight excluding hydrogens is 294 g/mol. The van der Waals surface area contributed by atoms with Crippen molar-refractivity contribution in [3.63, 3.8) is 0 Å².